The van der Waals surface area contributed by atoms with Crippen molar-refractivity contribution >= 4 is 101 Å². The Hall–Kier alpha value is -9.49. The average Bonchev–Trinajstić information content (AvgIpc) is 0.759. The van der Waals surface area contributed by atoms with Crippen LogP contribution in [0, 0.1) is 29.4 Å². The van der Waals surface area contributed by atoms with Crippen LogP contribution < -0.4 is 48.7 Å². The summed E-state index contributed by atoms with van der Waals surface area (Å²) in [4.78, 5) is 186. The van der Waals surface area contributed by atoms with Crippen LogP contribution >= 0.6 is 12.6 Å². The zero-order valence-corrected chi connectivity index (χ0v) is 65.4. The second kappa shape index (κ2) is 51.7. The zero-order valence-electron chi connectivity index (χ0n) is 64.6. The first-order chi connectivity index (χ1) is 55.5. The Morgan fingerprint density at radius 3 is 1.65 bits per heavy atom. The number of Topliss-reactive ketones (excluding diaryl/α,β-unsaturated/α-hetero) is 4. The van der Waals surface area contributed by atoms with Crippen molar-refractivity contribution in [1.82, 2.24) is 37.2 Å². The van der Waals surface area contributed by atoms with Gasteiger partial charge in [0.2, 0.25) is 41.4 Å². The number of carboxylic acid groups (broad SMARTS) is 2. The molecule has 648 valence electrons. The van der Waals surface area contributed by atoms with Gasteiger partial charge in [-0.2, -0.15) is 12.6 Å². The SMILES string of the molecule is CC1=C(c2cccc(CCC(=O)CCCCCCCCC(=O)N[C@H](CCC(=O)NC[C@H](O)[C@@H](O)[C@H](O)[C@H](O)CO)C(=O)C[C@H](CCC(=O)O)C(=O)N[C@H](CCC(=O)NC[C@H](O)[C@@H](O)[C@H](O)[C@H](O)CO)C(=O)NC[C@H](N)C(=O)N[C@@H](COC=O)C(=O)N[C@@H](CS)C(=O)O)c2)C(=O)C(C[C@H](N)c2ccccc2)C(=O)C1Cc1c(F)cccc1F. The van der Waals surface area contributed by atoms with Crippen LogP contribution in [0.4, 0.5) is 8.78 Å². The van der Waals surface area contributed by atoms with Crippen LogP contribution in [-0.2, 0) is 84.7 Å². The number of hydrogen-bond donors (Lipinski definition) is 22. The van der Waals surface area contributed by atoms with Crippen molar-refractivity contribution in [3.8, 4) is 0 Å². The number of thiol groups is 1. The van der Waals surface area contributed by atoms with E-state index in [9.17, 15) is 123 Å². The summed E-state index contributed by atoms with van der Waals surface area (Å²) in [6.45, 7) is -3.79. The number of carbonyl (C=O) groups excluding carboxylic acids is 12. The molecule has 0 saturated carbocycles. The maximum Gasteiger partial charge on any atom is 0.327 e. The number of allylic oxidation sites excluding steroid dienone is 2. The number of aliphatic hydroxyl groups is 10. The molecule has 1 aliphatic carbocycles. The fourth-order valence-electron chi connectivity index (χ4n) is 12.8. The molecule has 7 amide bonds. The molecule has 0 radical (unpaired) electrons. The summed E-state index contributed by atoms with van der Waals surface area (Å²) in [6.07, 6.45) is -17.9. The molecule has 117 heavy (non-hydrogen) atoms. The first-order valence-corrected chi connectivity index (χ1v) is 38.8. The number of rotatable bonds is 57. The first-order valence-electron chi connectivity index (χ1n) is 38.2. The summed E-state index contributed by atoms with van der Waals surface area (Å²) in [5.41, 5.74) is 14.8. The maximum atomic E-state index is 15.1. The van der Waals surface area contributed by atoms with Gasteiger partial charge in [-0.3, -0.25) is 62.3 Å². The molecular formula is C78H109F2N9O27S. The molecule has 0 spiro atoms. The van der Waals surface area contributed by atoms with Gasteiger partial charge in [0.1, 0.15) is 84.8 Å². The quantitative estimate of drug-likeness (QED) is 0.0114. The summed E-state index contributed by atoms with van der Waals surface area (Å²) in [5.74, 6) is -18.6. The number of carbonyl (C=O) groups is 14. The lowest BCUT2D eigenvalue weighted by Gasteiger charge is -2.32. The lowest BCUT2D eigenvalue weighted by Crippen LogP contribution is -2.58. The van der Waals surface area contributed by atoms with E-state index >= 15 is 8.78 Å². The number of aryl methyl sites for hydroxylation is 1. The summed E-state index contributed by atoms with van der Waals surface area (Å²) in [6, 6.07) is 9.90. The number of amides is 7. The van der Waals surface area contributed by atoms with E-state index in [4.69, 9.17) is 16.6 Å². The minimum atomic E-state index is -2.13. The van der Waals surface area contributed by atoms with Crippen molar-refractivity contribution in [2.24, 2.45) is 29.2 Å². The summed E-state index contributed by atoms with van der Waals surface area (Å²) in [7, 11) is 0. The van der Waals surface area contributed by atoms with Crippen molar-refractivity contribution < 1.29 is 142 Å². The van der Waals surface area contributed by atoms with Crippen molar-refractivity contribution in [2.45, 2.75) is 214 Å². The van der Waals surface area contributed by atoms with E-state index in [0.717, 1.165) is 12.1 Å². The average molecular weight is 1670 g/mol. The van der Waals surface area contributed by atoms with Crippen molar-refractivity contribution in [3.63, 3.8) is 0 Å². The number of nitrogens with one attached hydrogen (secondary N) is 7. The molecule has 23 N–H and O–H groups in total. The molecule has 0 aliphatic heterocycles. The number of nitrogens with two attached hydrogens (primary N) is 2. The van der Waals surface area contributed by atoms with E-state index in [1.165, 1.54) is 6.07 Å². The van der Waals surface area contributed by atoms with Crippen LogP contribution in [0.25, 0.3) is 5.57 Å². The number of hydrogen-bond acceptors (Lipinski definition) is 28. The molecule has 4 rings (SSSR count). The highest BCUT2D eigenvalue weighted by Crippen LogP contribution is 2.40. The van der Waals surface area contributed by atoms with Crippen LogP contribution in [0.3, 0.4) is 0 Å². The minimum Gasteiger partial charge on any atom is -0.481 e. The van der Waals surface area contributed by atoms with Crippen molar-refractivity contribution in [3.05, 3.63) is 112 Å². The Morgan fingerprint density at radius 2 is 1.09 bits per heavy atom. The third-order valence-electron chi connectivity index (χ3n) is 19.8. The van der Waals surface area contributed by atoms with E-state index in [0.29, 0.717) is 60.8 Å². The molecular weight excluding hydrogens is 1560 g/mol. The third-order valence-corrected chi connectivity index (χ3v) is 20.2. The Morgan fingerprint density at radius 1 is 0.556 bits per heavy atom. The number of carboxylic acids is 2. The first kappa shape index (κ1) is 99.9. The molecule has 1 aliphatic rings. The van der Waals surface area contributed by atoms with Gasteiger partial charge in [-0.15, -0.1) is 0 Å². The highest BCUT2D eigenvalue weighted by molar-refractivity contribution is 7.80. The normalized spacial score (nSPS) is 17.4. The molecule has 3 aromatic rings. The van der Waals surface area contributed by atoms with Crippen LogP contribution in [0.2, 0.25) is 0 Å². The molecule has 0 aromatic heterocycles. The minimum absolute atomic E-state index is 0.0491. The fourth-order valence-corrected chi connectivity index (χ4v) is 13.0. The van der Waals surface area contributed by atoms with Gasteiger partial charge in [-0.1, -0.05) is 91.9 Å². The van der Waals surface area contributed by atoms with Gasteiger partial charge >= 0.3 is 11.9 Å². The third kappa shape index (κ3) is 33.4. The lowest BCUT2D eigenvalue weighted by molar-refractivity contribution is -0.142. The number of aliphatic carboxylic acids is 2. The van der Waals surface area contributed by atoms with Crippen molar-refractivity contribution in [2.75, 3.05) is 45.2 Å². The lowest BCUT2D eigenvalue weighted by atomic mass is 9.69. The fraction of sp³-hybridized carbons (Fsp3) is 0.564. The zero-order chi connectivity index (χ0) is 87.2. The smallest absolute Gasteiger partial charge is 0.327 e. The molecule has 0 heterocycles. The number of unbranched alkanes of at least 4 members (excludes halogenated alkanes) is 5. The van der Waals surface area contributed by atoms with Crippen LogP contribution in [0.15, 0.2) is 78.4 Å². The monoisotopic (exact) mass is 1670 g/mol. The summed E-state index contributed by atoms with van der Waals surface area (Å²) in [5, 5.41) is 134. The largest absolute Gasteiger partial charge is 0.481 e. The number of ketones is 4. The number of aliphatic hydroxyl groups excluding tert-OH is 10. The van der Waals surface area contributed by atoms with Gasteiger partial charge in [-0.25, -0.2) is 13.6 Å². The molecule has 39 heteroatoms. The predicted octanol–water partition coefficient (Wildman–Crippen LogP) is -3.25. The number of ether oxygens (including phenoxy) is 1. The Labute approximate surface area is 678 Å². The molecule has 36 nitrogen and oxygen atoms in total. The van der Waals surface area contributed by atoms with Crippen LogP contribution in [-0.4, -0.2) is 268 Å². The van der Waals surface area contributed by atoms with Gasteiger partial charge in [0.25, 0.3) is 6.47 Å². The molecule has 3 aromatic carbocycles. The van der Waals surface area contributed by atoms with Gasteiger partial charge in [0.05, 0.1) is 37.4 Å². The number of benzene rings is 3. The van der Waals surface area contributed by atoms with E-state index in [1.807, 2.05) is 0 Å². The Bertz CT molecular complexity index is 3850. The molecule has 0 saturated heterocycles. The van der Waals surface area contributed by atoms with E-state index in [-0.39, 0.29) is 61.9 Å². The predicted molar refractivity (Wildman–Crippen MR) is 413 cm³/mol. The highest BCUT2D eigenvalue weighted by Gasteiger charge is 2.44. The van der Waals surface area contributed by atoms with Crippen molar-refractivity contribution in [1.29, 1.82) is 0 Å². The highest BCUT2D eigenvalue weighted by atomic mass is 32.1. The van der Waals surface area contributed by atoms with Crippen LogP contribution in [0.5, 0.6) is 0 Å². The molecule has 2 unspecified atom stereocenters. The summed E-state index contributed by atoms with van der Waals surface area (Å²) >= 11 is 3.85. The molecule has 17 atom stereocenters. The van der Waals surface area contributed by atoms with Crippen LogP contribution in [0.1, 0.15) is 144 Å². The Kier molecular flexibility index (Phi) is 44.1. The molecule has 0 bridgehead atoms. The summed E-state index contributed by atoms with van der Waals surface area (Å²) < 4.78 is 34.8. The second-order valence-corrected chi connectivity index (χ2v) is 29.0. The standard InChI is InChI=1S/C78H109F2N9O27S/c1-41-47(31-48-50(79)18-12-19-51(48)80)68(104)49(32-52(81)43-14-7-6-8-15-43)69(105)67(41)44-16-11-13-42(29-44)21-23-46(93)17-9-4-2-3-5-10-20-65(101)86-54(24-26-63(99)83-34-59(95)70(106)72(108)61(97)36-90)58(94)30-45(22-28-66(102)103)74(110)87-55(25-27-64(100)84-35-60(96)71(107)73(109)62(98)37-91)76(112)85-33-53(82)75(111)88-56(38-116-40-92)77(113)89-57(39-117)78(114)115/h6-8,11-16,18-19,29,40,45,47,49,52-57,59-62,70-73,90-91,95-98,106-109,117H,2-5,9-10,17,20-28,30-39,81-82H2,1H3,(H,83,99)(H,84,100)(H,85,112)(H,86,101)(H,87,110)(H,88,111)(H,89,113)(H,102,103)(H,114,115)/t45-,47?,49?,52-,53-,54+,55+,56-,57-,59-,60-,61+,62+,70+,71+,72+,73+/m0/s1. The van der Waals surface area contributed by atoms with Gasteiger partial charge < -0.3 is 115 Å². The van der Waals surface area contributed by atoms with Gasteiger partial charge in [0.15, 0.2) is 17.3 Å². The second-order valence-electron chi connectivity index (χ2n) is 28.6. The van der Waals surface area contributed by atoms with E-state index in [1.54, 1.807) is 61.5 Å². The van der Waals surface area contributed by atoms with Gasteiger partial charge in [0, 0.05) is 99.3 Å². The molecule has 0 fully saturated rings. The van der Waals surface area contributed by atoms with Gasteiger partial charge in [-0.05, 0) is 87.1 Å². The number of halogens is 2. The Balaban J connectivity index is 1.47. The topological polar surface area (TPSA) is 627 Å². The van der Waals surface area contributed by atoms with E-state index < -0.39 is 275 Å². The van der Waals surface area contributed by atoms with E-state index in [2.05, 4.69) is 54.6 Å². The maximum absolute atomic E-state index is 15.1.